The molecular formula is C15H23N3O3. The molecule has 0 saturated heterocycles. The van der Waals surface area contributed by atoms with Gasteiger partial charge in [-0.1, -0.05) is 13.8 Å². The van der Waals surface area contributed by atoms with E-state index in [0.29, 0.717) is 23.7 Å². The first-order valence-electron chi connectivity index (χ1n) is 7.18. The second kappa shape index (κ2) is 7.61. The fourth-order valence-corrected chi connectivity index (χ4v) is 2.24. The summed E-state index contributed by atoms with van der Waals surface area (Å²) < 4.78 is 0. The van der Waals surface area contributed by atoms with Crippen molar-refractivity contribution in [3.63, 3.8) is 0 Å². The van der Waals surface area contributed by atoms with Gasteiger partial charge in [0.1, 0.15) is 5.69 Å². The number of nitrogens with one attached hydrogen (secondary N) is 2. The lowest BCUT2D eigenvalue weighted by Gasteiger charge is -2.17. The van der Waals surface area contributed by atoms with Crippen LogP contribution in [0.4, 0.5) is 11.4 Å². The lowest BCUT2D eigenvalue weighted by molar-refractivity contribution is -0.384. The van der Waals surface area contributed by atoms with Gasteiger partial charge in [-0.15, -0.1) is 0 Å². The van der Waals surface area contributed by atoms with Crippen molar-refractivity contribution >= 4 is 17.3 Å². The van der Waals surface area contributed by atoms with Crippen LogP contribution < -0.4 is 10.6 Å². The standard InChI is InChI=1S/C15H23N3O3/c1-5-16-15(19)12-6-7-13(14(9-12)18(20)21)17-11(4)8-10(2)3/h6-7,9-11,17H,5,8H2,1-4H3,(H,16,19). The average Bonchev–Trinajstić information content (AvgIpc) is 2.38. The summed E-state index contributed by atoms with van der Waals surface area (Å²) in [5.41, 5.74) is 0.668. The number of carbonyl (C=O) groups excluding carboxylic acids is 1. The first-order valence-corrected chi connectivity index (χ1v) is 7.18. The summed E-state index contributed by atoms with van der Waals surface area (Å²) in [6.07, 6.45) is 0.912. The van der Waals surface area contributed by atoms with Crippen molar-refractivity contribution in [2.75, 3.05) is 11.9 Å². The quantitative estimate of drug-likeness (QED) is 0.597. The third kappa shape index (κ3) is 5.06. The summed E-state index contributed by atoms with van der Waals surface area (Å²) in [5, 5.41) is 17.0. The minimum Gasteiger partial charge on any atom is -0.377 e. The summed E-state index contributed by atoms with van der Waals surface area (Å²) in [4.78, 5) is 22.5. The van der Waals surface area contributed by atoms with Crippen LogP contribution in [-0.2, 0) is 0 Å². The van der Waals surface area contributed by atoms with Gasteiger partial charge in [0.15, 0.2) is 0 Å². The smallest absolute Gasteiger partial charge is 0.293 e. The van der Waals surface area contributed by atoms with E-state index in [1.807, 2.05) is 6.92 Å². The Bertz CT molecular complexity index is 515. The van der Waals surface area contributed by atoms with Gasteiger partial charge in [-0.2, -0.15) is 0 Å². The summed E-state index contributed by atoms with van der Waals surface area (Å²) >= 11 is 0. The number of hydrogen-bond donors (Lipinski definition) is 2. The van der Waals surface area contributed by atoms with Gasteiger partial charge >= 0.3 is 0 Å². The molecule has 1 unspecified atom stereocenters. The highest BCUT2D eigenvalue weighted by atomic mass is 16.6. The number of benzene rings is 1. The van der Waals surface area contributed by atoms with E-state index in [4.69, 9.17) is 0 Å². The van der Waals surface area contributed by atoms with E-state index >= 15 is 0 Å². The molecule has 6 heteroatoms. The Hall–Kier alpha value is -2.11. The highest BCUT2D eigenvalue weighted by Crippen LogP contribution is 2.27. The second-order valence-electron chi connectivity index (χ2n) is 5.52. The lowest BCUT2D eigenvalue weighted by Crippen LogP contribution is -2.23. The van der Waals surface area contributed by atoms with Crippen LogP contribution in [0.2, 0.25) is 0 Å². The lowest BCUT2D eigenvalue weighted by atomic mass is 10.0. The zero-order chi connectivity index (χ0) is 16.0. The highest BCUT2D eigenvalue weighted by Gasteiger charge is 2.18. The predicted molar refractivity (Wildman–Crippen MR) is 83.6 cm³/mol. The van der Waals surface area contributed by atoms with Crippen molar-refractivity contribution in [1.29, 1.82) is 0 Å². The van der Waals surface area contributed by atoms with Crippen LogP contribution in [0.5, 0.6) is 0 Å². The van der Waals surface area contributed by atoms with E-state index in [9.17, 15) is 14.9 Å². The van der Waals surface area contributed by atoms with Crippen LogP contribution in [0.15, 0.2) is 18.2 Å². The van der Waals surface area contributed by atoms with Gasteiger partial charge in [-0.05, 0) is 38.3 Å². The van der Waals surface area contributed by atoms with Crippen LogP contribution in [0.3, 0.4) is 0 Å². The van der Waals surface area contributed by atoms with Crippen molar-refractivity contribution in [3.05, 3.63) is 33.9 Å². The molecule has 1 rings (SSSR count). The number of nitrogens with zero attached hydrogens (tertiary/aromatic N) is 1. The third-order valence-electron chi connectivity index (χ3n) is 3.02. The van der Waals surface area contributed by atoms with Crippen molar-refractivity contribution < 1.29 is 9.72 Å². The monoisotopic (exact) mass is 293 g/mol. The SMILES string of the molecule is CCNC(=O)c1ccc(NC(C)CC(C)C)c([N+](=O)[O-])c1. The number of nitro groups is 1. The number of rotatable bonds is 7. The summed E-state index contributed by atoms with van der Waals surface area (Å²) in [6.45, 7) is 8.48. The Morgan fingerprint density at radius 1 is 1.33 bits per heavy atom. The van der Waals surface area contributed by atoms with E-state index < -0.39 is 4.92 Å². The minimum absolute atomic E-state index is 0.0747. The number of carbonyl (C=O) groups is 1. The maximum absolute atomic E-state index is 11.7. The molecular weight excluding hydrogens is 270 g/mol. The highest BCUT2D eigenvalue weighted by molar-refractivity contribution is 5.95. The summed E-state index contributed by atoms with van der Waals surface area (Å²) in [5.74, 6) is 0.198. The van der Waals surface area contributed by atoms with E-state index in [2.05, 4.69) is 24.5 Å². The van der Waals surface area contributed by atoms with Crippen molar-refractivity contribution in [3.8, 4) is 0 Å². The van der Waals surface area contributed by atoms with Gasteiger partial charge < -0.3 is 10.6 Å². The Labute approximate surface area is 125 Å². The molecule has 116 valence electrons. The Morgan fingerprint density at radius 3 is 2.52 bits per heavy atom. The normalized spacial score (nSPS) is 12.0. The zero-order valence-corrected chi connectivity index (χ0v) is 13.0. The molecule has 6 nitrogen and oxygen atoms in total. The fraction of sp³-hybridized carbons (Fsp3) is 0.533. The van der Waals surface area contributed by atoms with Gasteiger partial charge in [-0.25, -0.2) is 0 Å². The van der Waals surface area contributed by atoms with Crippen molar-refractivity contribution in [2.24, 2.45) is 5.92 Å². The van der Waals surface area contributed by atoms with Gasteiger partial charge in [0.05, 0.1) is 4.92 Å². The third-order valence-corrected chi connectivity index (χ3v) is 3.02. The first kappa shape index (κ1) is 16.9. The topological polar surface area (TPSA) is 84.3 Å². The number of hydrogen-bond acceptors (Lipinski definition) is 4. The maximum Gasteiger partial charge on any atom is 0.293 e. The molecule has 0 aliphatic rings. The molecule has 0 saturated carbocycles. The van der Waals surface area contributed by atoms with Crippen LogP contribution >= 0.6 is 0 Å². The molecule has 1 aromatic carbocycles. The molecule has 0 aliphatic carbocycles. The second-order valence-corrected chi connectivity index (χ2v) is 5.52. The predicted octanol–water partition coefficient (Wildman–Crippen LogP) is 3.19. The Morgan fingerprint density at radius 2 is 2.00 bits per heavy atom. The number of anilines is 1. The number of nitro benzene ring substituents is 1. The molecule has 2 N–H and O–H groups in total. The maximum atomic E-state index is 11.7. The first-order chi connectivity index (χ1) is 9.85. The largest absolute Gasteiger partial charge is 0.377 e. The molecule has 0 bridgehead atoms. The molecule has 0 fully saturated rings. The van der Waals surface area contributed by atoms with Crippen LogP contribution in [-0.4, -0.2) is 23.4 Å². The van der Waals surface area contributed by atoms with Gasteiger partial charge in [-0.3, -0.25) is 14.9 Å². The van der Waals surface area contributed by atoms with Crippen molar-refractivity contribution in [1.82, 2.24) is 5.32 Å². The molecule has 1 aromatic rings. The van der Waals surface area contributed by atoms with Crippen LogP contribution in [0, 0.1) is 16.0 Å². The van der Waals surface area contributed by atoms with Gasteiger partial charge in [0.25, 0.3) is 11.6 Å². The Kier molecular flexibility index (Phi) is 6.14. The fourth-order valence-electron chi connectivity index (χ4n) is 2.24. The van der Waals surface area contributed by atoms with Gasteiger partial charge in [0.2, 0.25) is 0 Å². The van der Waals surface area contributed by atoms with E-state index in [0.717, 1.165) is 6.42 Å². The average molecular weight is 293 g/mol. The minimum atomic E-state index is -0.465. The van der Waals surface area contributed by atoms with Crippen molar-refractivity contribution in [2.45, 2.75) is 40.2 Å². The molecule has 0 heterocycles. The molecule has 0 aliphatic heterocycles. The van der Waals surface area contributed by atoms with E-state index in [-0.39, 0.29) is 17.6 Å². The molecule has 0 spiro atoms. The van der Waals surface area contributed by atoms with Gasteiger partial charge in [0, 0.05) is 24.2 Å². The molecule has 21 heavy (non-hydrogen) atoms. The zero-order valence-electron chi connectivity index (χ0n) is 13.0. The summed E-state index contributed by atoms with van der Waals surface area (Å²) in [6, 6.07) is 4.64. The Balaban J connectivity index is 2.99. The van der Waals surface area contributed by atoms with Crippen LogP contribution in [0.25, 0.3) is 0 Å². The summed E-state index contributed by atoms with van der Waals surface area (Å²) in [7, 11) is 0. The van der Waals surface area contributed by atoms with E-state index in [1.54, 1.807) is 19.1 Å². The van der Waals surface area contributed by atoms with Crippen LogP contribution in [0.1, 0.15) is 44.5 Å². The molecule has 1 amide bonds. The molecule has 0 radical (unpaired) electrons. The molecule has 0 aromatic heterocycles. The number of amides is 1. The molecule has 1 atom stereocenters. The van der Waals surface area contributed by atoms with E-state index in [1.165, 1.54) is 6.07 Å².